The van der Waals surface area contributed by atoms with E-state index in [4.69, 9.17) is 19.9 Å². The number of hydrogen-bond donors (Lipinski definition) is 3. The smallest absolute Gasteiger partial charge is 0.100 e. The molecule has 0 aromatic rings. The van der Waals surface area contributed by atoms with Crippen molar-refractivity contribution in [3.63, 3.8) is 0 Å². The van der Waals surface area contributed by atoms with Crippen LogP contribution in [-0.4, -0.2) is 77.9 Å². The third-order valence-corrected chi connectivity index (χ3v) is 3.86. The maximum absolute atomic E-state index is 6.39. The van der Waals surface area contributed by atoms with Crippen molar-refractivity contribution >= 4 is 0 Å². The van der Waals surface area contributed by atoms with Crippen molar-refractivity contribution < 1.29 is 14.2 Å². The van der Waals surface area contributed by atoms with Crippen molar-refractivity contribution in [3.8, 4) is 0 Å². The Morgan fingerprint density at radius 1 is 1.17 bits per heavy atom. The summed E-state index contributed by atoms with van der Waals surface area (Å²) in [6.07, 6.45) is 0.950. The van der Waals surface area contributed by atoms with E-state index in [1.54, 1.807) is 14.2 Å². The van der Waals surface area contributed by atoms with Crippen LogP contribution in [0.5, 0.6) is 0 Å². The molecule has 0 saturated carbocycles. The molecule has 0 aromatic carbocycles. The fourth-order valence-corrected chi connectivity index (χ4v) is 2.46. The van der Waals surface area contributed by atoms with Gasteiger partial charge in [0.05, 0.1) is 26.0 Å². The Balaban J connectivity index is 4.56. The van der Waals surface area contributed by atoms with E-state index in [-0.39, 0.29) is 12.2 Å². The number of rotatable bonds is 15. The highest BCUT2D eigenvalue weighted by Crippen LogP contribution is 2.09. The van der Waals surface area contributed by atoms with Gasteiger partial charge in [-0.15, -0.1) is 0 Å². The molecule has 0 amide bonds. The highest BCUT2D eigenvalue weighted by molar-refractivity contribution is 5.14. The van der Waals surface area contributed by atoms with Crippen molar-refractivity contribution in [1.29, 1.82) is 0 Å². The number of nitrogens with one attached hydrogen (secondary N) is 2. The Bertz CT molecular complexity index is 340. The van der Waals surface area contributed by atoms with Crippen LogP contribution >= 0.6 is 0 Å². The third-order valence-electron chi connectivity index (χ3n) is 3.86. The molecule has 2 atom stereocenters. The number of nitrogens with zero attached hydrogens (tertiary/aromatic N) is 1. The Labute approximate surface area is 147 Å². The number of likely N-dealkylation sites (N-methyl/N-ethyl adjacent to an activating group) is 1. The highest BCUT2D eigenvalue weighted by Gasteiger charge is 2.17. The first-order chi connectivity index (χ1) is 11.5. The predicted octanol–water partition coefficient (Wildman–Crippen LogP) is 0.722. The maximum atomic E-state index is 6.39. The van der Waals surface area contributed by atoms with Gasteiger partial charge in [0.25, 0.3) is 0 Å². The fraction of sp³-hybridized carbons (Fsp3) is 0.882. The van der Waals surface area contributed by atoms with Crippen molar-refractivity contribution in [2.45, 2.75) is 39.4 Å². The summed E-state index contributed by atoms with van der Waals surface area (Å²) in [7, 11) is 5.31. The van der Waals surface area contributed by atoms with Gasteiger partial charge >= 0.3 is 0 Å². The molecule has 0 aliphatic rings. The van der Waals surface area contributed by atoms with Gasteiger partial charge in [-0.25, -0.2) is 0 Å². The molecule has 7 heteroatoms. The summed E-state index contributed by atoms with van der Waals surface area (Å²) in [6, 6.07) is 0.236. The lowest BCUT2D eigenvalue weighted by atomic mass is 10.2. The van der Waals surface area contributed by atoms with Crippen LogP contribution in [0.3, 0.4) is 0 Å². The predicted molar refractivity (Wildman–Crippen MR) is 98.8 cm³/mol. The molecular weight excluding hydrogens is 308 g/mol. The molecular formula is C17H38N4O3. The first kappa shape index (κ1) is 23.1. The number of methoxy groups -OCH3 is 2. The molecule has 0 fully saturated rings. The van der Waals surface area contributed by atoms with Gasteiger partial charge < -0.3 is 30.2 Å². The molecule has 0 spiro atoms. The van der Waals surface area contributed by atoms with Gasteiger partial charge in [-0.3, -0.25) is 5.32 Å². The van der Waals surface area contributed by atoms with E-state index in [2.05, 4.69) is 36.3 Å². The summed E-state index contributed by atoms with van der Waals surface area (Å²) in [5, 5.41) is 6.75. The minimum absolute atomic E-state index is 0.0159. The number of ether oxygens (including phenoxy) is 3. The largest absolute Gasteiger partial charge is 0.385 e. The van der Waals surface area contributed by atoms with E-state index in [1.165, 1.54) is 0 Å². The molecule has 0 bridgehead atoms. The summed E-state index contributed by atoms with van der Waals surface area (Å²) in [5.74, 6) is 0.811. The van der Waals surface area contributed by atoms with E-state index < -0.39 is 0 Å². The Morgan fingerprint density at radius 3 is 2.42 bits per heavy atom. The van der Waals surface area contributed by atoms with Crippen LogP contribution in [0.1, 0.15) is 27.2 Å². The summed E-state index contributed by atoms with van der Waals surface area (Å²) in [6.45, 7) is 10.6. The van der Waals surface area contributed by atoms with Gasteiger partial charge in [0, 0.05) is 40.0 Å². The second-order valence-electron chi connectivity index (χ2n) is 5.85. The zero-order valence-corrected chi connectivity index (χ0v) is 16.4. The van der Waals surface area contributed by atoms with Crippen LogP contribution in [0.4, 0.5) is 0 Å². The van der Waals surface area contributed by atoms with E-state index in [1.807, 2.05) is 7.05 Å². The molecule has 24 heavy (non-hydrogen) atoms. The first-order valence-electron chi connectivity index (χ1n) is 8.71. The highest BCUT2D eigenvalue weighted by atomic mass is 16.5. The summed E-state index contributed by atoms with van der Waals surface area (Å²) in [5.41, 5.74) is 7.48. The van der Waals surface area contributed by atoms with E-state index in [9.17, 15) is 0 Å². The summed E-state index contributed by atoms with van der Waals surface area (Å²) < 4.78 is 15.7. The normalized spacial score (nSPS) is 15.1. The van der Waals surface area contributed by atoms with Gasteiger partial charge in [-0.1, -0.05) is 0 Å². The van der Waals surface area contributed by atoms with Gasteiger partial charge in [-0.2, -0.15) is 0 Å². The molecule has 4 N–H and O–H groups in total. The van der Waals surface area contributed by atoms with Crippen LogP contribution in [0.15, 0.2) is 11.4 Å². The maximum Gasteiger partial charge on any atom is 0.100 e. The summed E-state index contributed by atoms with van der Waals surface area (Å²) >= 11 is 0. The molecule has 144 valence electrons. The van der Waals surface area contributed by atoms with Crippen molar-refractivity contribution in [3.05, 3.63) is 11.4 Å². The van der Waals surface area contributed by atoms with Crippen molar-refractivity contribution in [1.82, 2.24) is 15.5 Å². The Morgan fingerprint density at radius 2 is 1.88 bits per heavy atom. The minimum atomic E-state index is 0.0159. The molecule has 0 heterocycles. The average Bonchev–Trinajstić information content (AvgIpc) is 2.58. The van der Waals surface area contributed by atoms with E-state index >= 15 is 0 Å². The van der Waals surface area contributed by atoms with E-state index in [0.29, 0.717) is 26.4 Å². The van der Waals surface area contributed by atoms with E-state index in [0.717, 1.165) is 30.9 Å². The zero-order valence-electron chi connectivity index (χ0n) is 16.4. The quantitative estimate of drug-likeness (QED) is 0.298. The van der Waals surface area contributed by atoms with Gasteiger partial charge in [-0.05, 0) is 39.8 Å². The Kier molecular flexibility index (Phi) is 14.0. The first-order valence-corrected chi connectivity index (χ1v) is 8.71. The lowest BCUT2D eigenvalue weighted by molar-refractivity contribution is 0.0666. The SMILES string of the molecule is CCN(CCCOCCOC)/C(N)=C(\C)C(NC)N[C@H](C)COC. The van der Waals surface area contributed by atoms with Gasteiger partial charge in [0.1, 0.15) is 5.82 Å². The third kappa shape index (κ3) is 9.44. The molecule has 7 nitrogen and oxygen atoms in total. The standard InChI is InChI=1S/C17H38N4O3/c1-7-21(9-8-10-24-12-11-22-5)16(18)15(3)17(19-4)20-14(2)13-23-6/h14,17,19-20H,7-13,18H2,1-6H3/b16-15+/t14-,17?/m1/s1. The van der Waals surface area contributed by atoms with Crippen LogP contribution in [0, 0.1) is 0 Å². The molecule has 0 saturated heterocycles. The monoisotopic (exact) mass is 346 g/mol. The average molecular weight is 347 g/mol. The molecule has 0 radical (unpaired) electrons. The van der Waals surface area contributed by atoms with Crippen LogP contribution in [0.25, 0.3) is 0 Å². The lowest BCUT2D eigenvalue weighted by Crippen LogP contribution is -2.48. The van der Waals surface area contributed by atoms with Crippen molar-refractivity contribution in [2.75, 3.05) is 60.8 Å². The molecule has 0 aliphatic carbocycles. The van der Waals surface area contributed by atoms with Crippen LogP contribution in [-0.2, 0) is 14.2 Å². The number of nitrogens with two attached hydrogens (primary N) is 1. The van der Waals surface area contributed by atoms with Crippen LogP contribution in [0.2, 0.25) is 0 Å². The number of hydrogen-bond acceptors (Lipinski definition) is 7. The van der Waals surface area contributed by atoms with Gasteiger partial charge in [0.15, 0.2) is 0 Å². The van der Waals surface area contributed by atoms with Crippen molar-refractivity contribution in [2.24, 2.45) is 5.73 Å². The summed E-state index contributed by atoms with van der Waals surface area (Å²) in [4.78, 5) is 2.18. The van der Waals surface area contributed by atoms with Gasteiger partial charge in [0.2, 0.25) is 0 Å². The molecule has 0 aliphatic heterocycles. The molecule has 0 aromatic heterocycles. The lowest BCUT2D eigenvalue weighted by Gasteiger charge is -2.29. The Hall–Kier alpha value is -0.860. The fourth-order valence-electron chi connectivity index (χ4n) is 2.46. The molecule has 0 rings (SSSR count). The van der Waals surface area contributed by atoms with Crippen LogP contribution < -0.4 is 16.4 Å². The topological polar surface area (TPSA) is 81.0 Å². The minimum Gasteiger partial charge on any atom is -0.385 e. The zero-order chi connectivity index (χ0) is 18.4. The second-order valence-corrected chi connectivity index (χ2v) is 5.85. The second kappa shape index (κ2) is 14.5. The molecule has 1 unspecified atom stereocenters.